The van der Waals surface area contributed by atoms with Crippen LogP contribution in [-0.2, 0) is 6.54 Å². The Morgan fingerprint density at radius 3 is 2.88 bits per heavy atom. The Labute approximate surface area is 114 Å². The molecule has 2 aromatic rings. The smallest absolute Gasteiger partial charge is 0.0637 e. The molecule has 2 nitrogen and oxygen atoms in total. The summed E-state index contributed by atoms with van der Waals surface area (Å²) in [5.41, 5.74) is 3.24. The molecule has 0 fully saturated rings. The third kappa shape index (κ3) is 3.45. The Hall–Kier alpha value is -1.06. The van der Waals surface area contributed by atoms with Crippen LogP contribution in [0.2, 0.25) is 5.02 Å². The average Bonchev–Trinajstić information content (AvgIpc) is 2.30. The molecule has 0 saturated heterocycles. The van der Waals surface area contributed by atoms with Crippen molar-refractivity contribution >= 4 is 33.2 Å². The van der Waals surface area contributed by atoms with Crippen LogP contribution in [0.25, 0.3) is 0 Å². The van der Waals surface area contributed by atoms with Crippen LogP contribution in [0.15, 0.2) is 41.1 Å². The molecule has 1 heterocycles. The van der Waals surface area contributed by atoms with E-state index in [0.717, 1.165) is 20.7 Å². The fourth-order valence-electron chi connectivity index (χ4n) is 1.52. The first-order valence-corrected chi connectivity index (χ1v) is 6.42. The van der Waals surface area contributed by atoms with Crippen molar-refractivity contribution in [2.75, 3.05) is 5.32 Å². The van der Waals surface area contributed by atoms with Crippen LogP contribution in [0.4, 0.5) is 5.69 Å². The zero-order valence-corrected chi connectivity index (χ0v) is 11.7. The standard InChI is InChI=1S/C13H12BrClN2/c1-9-2-3-12(15)13(4-9)17-7-10-5-11(14)8-16-6-10/h2-6,8,17H,7H2,1H3. The van der Waals surface area contributed by atoms with Crippen LogP contribution >= 0.6 is 27.5 Å². The highest BCUT2D eigenvalue weighted by atomic mass is 79.9. The van der Waals surface area contributed by atoms with Crippen molar-refractivity contribution in [3.63, 3.8) is 0 Å². The van der Waals surface area contributed by atoms with E-state index in [4.69, 9.17) is 11.6 Å². The van der Waals surface area contributed by atoms with Gasteiger partial charge in [0.2, 0.25) is 0 Å². The minimum atomic E-state index is 0.704. The first-order valence-electron chi connectivity index (χ1n) is 5.24. The third-order valence-corrected chi connectivity index (χ3v) is 3.13. The van der Waals surface area contributed by atoms with Gasteiger partial charge in [0.25, 0.3) is 0 Å². The summed E-state index contributed by atoms with van der Waals surface area (Å²) >= 11 is 9.50. The molecule has 0 spiro atoms. The summed E-state index contributed by atoms with van der Waals surface area (Å²) in [4.78, 5) is 4.12. The fourth-order valence-corrected chi connectivity index (χ4v) is 2.12. The van der Waals surface area contributed by atoms with Gasteiger partial charge in [-0.1, -0.05) is 17.7 Å². The summed E-state index contributed by atoms with van der Waals surface area (Å²) in [5, 5.41) is 4.04. The predicted molar refractivity (Wildman–Crippen MR) is 75.5 cm³/mol. The number of nitrogens with zero attached hydrogens (tertiary/aromatic N) is 1. The second kappa shape index (κ2) is 5.52. The second-order valence-corrected chi connectivity index (χ2v) is 5.17. The molecule has 2 rings (SSSR count). The van der Waals surface area contributed by atoms with Gasteiger partial charge >= 0.3 is 0 Å². The highest BCUT2D eigenvalue weighted by Crippen LogP contribution is 2.23. The van der Waals surface area contributed by atoms with Gasteiger partial charge in [-0.15, -0.1) is 0 Å². The number of anilines is 1. The van der Waals surface area contributed by atoms with Crippen molar-refractivity contribution in [1.29, 1.82) is 0 Å². The summed E-state index contributed by atoms with van der Waals surface area (Å²) in [6.07, 6.45) is 3.60. The van der Waals surface area contributed by atoms with Gasteiger partial charge in [0, 0.05) is 23.4 Å². The van der Waals surface area contributed by atoms with Gasteiger partial charge < -0.3 is 5.32 Å². The predicted octanol–water partition coefficient (Wildman–Crippen LogP) is 4.42. The van der Waals surface area contributed by atoms with Gasteiger partial charge in [0.1, 0.15) is 0 Å². The Kier molecular flexibility index (Phi) is 4.02. The van der Waals surface area contributed by atoms with Crippen LogP contribution in [-0.4, -0.2) is 4.98 Å². The average molecular weight is 312 g/mol. The van der Waals surface area contributed by atoms with Crippen LogP contribution < -0.4 is 5.32 Å². The highest BCUT2D eigenvalue weighted by Gasteiger charge is 2.00. The lowest BCUT2D eigenvalue weighted by atomic mass is 10.2. The fraction of sp³-hybridized carbons (Fsp3) is 0.154. The van der Waals surface area contributed by atoms with E-state index >= 15 is 0 Å². The monoisotopic (exact) mass is 310 g/mol. The number of aryl methyl sites for hydroxylation is 1. The zero-order chi connectivity index (χ0) is 12.3. The minimum absolute atomic E-state index is 0.704. The normalized spacial score (nSPS) is 10.3. The molecule has 4 heteroatoms. The number of nitrogens with one attached hydrogen (secondary N) is 1. The highest BCUT2D eigenvalue weighted by molar-refractivity contribution is 9.10. The summed E-state index contributed by atoms with van der Waals surface area (Å²) in [7, 11) is 0. The summed E-state index contributed by atoms with van der Waals surface area (Å²) in [6, 6.07) is 7.96. The molecule has 1 N–H and O–H groups in total. The lowest BCUT2D eigenvalue weighted by Crippen LogP contribution is -2.00. The van der Waals surface area contributed by atoms with Crippen molar-refractivity contribution in [3.05, 3.63) is 57.3 Å². The van der Waals surface area contributed by atoms with Crippen molar-refractivity contribution in [3.8, 4) is 0 Å². The molecule has 0 atom stereocenters. The Bertz CT molecular complexity index is 529. The van der Waals surface area contributed by atoms with Gasteiger partial charge in [0.05, 0.1) is 10.7 Å². The van der Waals surface area contributed by atoms with E-state index in [1.165, 1.54) is 5.56 Å². The number of halogens is 2. The molecular formula is C13H12BrClN2. The van der Waals surface area contributed by atoms with Gasteiger partial charge in [-0.2, -0.15) is 0 Å². The molecule has 17 heavy (non-hydrogen) atoms. The van der Waals surface area contributed by atoms with Gasteiger partial charge in [-0.05, 0) is 52.2 Å². The largest absolute Gasteiger partial charge is 0.380 e. The lowest BCUT2D eigenvalue weighted by Gasteiger charge is -2.09. The van der Waals surface area contributed by atoms with Crippen LogP contribution in [0.3, 0.4) is 0 Å². The Morgan fingerprint density at radius 1 is 1.29 bits per heavy atom. The minimum Gasteiger partial charge on any atom is -0.380 e. The van der Waals surface area contributed by atoms with Crippen molar-refractivity contribution in [1.82, 2.24) is 4.98 Å². The van der Waals surface area contributed by atoms with E-state index in [1.807, 2.05) is 37.4 Å². The maximum atomic E-state index is 6.11. The number of aromatic nitrogens is 1. The van der Waals surface area contributed by atoms with E-state index < -0.39 is 0 Å². The number of rotatable bonds is 3. The molecule has 0 aliphatic heterocycles. The van der Waals surface area contributed by atoms with E-state index in [0.29, 0.717) is 6.54 Å². The van der Waals surface area contributed by atoms with Crippen molar-refractivity contribution in [2.45, 2.75) is 13.5 Å². The van der Waals surface area contributed by atoms with Crippen LogP contribution in [0.5, 0.6) is 0 Å². The maximum absolute atomic E-state index is 6.11. The summed E-state index contributed by atoms with van der Waals surface area (Å²) in [6.45, 7) is 2.75. The van der Waals surface area contributed by atoms with Gasteiger partial charge in [-0.25, -0.2) is 0 Å². The van der Waals surface area contributed by atoms with Gasteiger partial charge in [-0.3, -0.25) is 4.98 Å². The maximum Gasteiger partial charge on any atom is 0.0637 e. The molecule has 0 radical (unpaired) electrons. The molecule has 0 saturated carbocycles. The van der Waals surface area contributed by atoms with E-state index in [2.05, 4.69) is 26.2 Å². The lowest BCUT2D eigenvalue weighted by molar-refractivity contribution is 1.10. The Morgan fingerprint density at radius 2 is 2.12 bits per heavy atom. The summed E-state index contributed by atoms with van der Waals surface area (Å²) in [5.74, 6) is 0. The first-order chi connectivity index (χ1) is 8.15. The third-order valence-electron chi connectivity index (χ3n) is 2.37. The SMILES string of the molecule is Cc1ccc(Cl)c(NCc2cncc(Br)c2)c1. The van der Waals surface area contributed by atoms with E-state index in [-0.39, 0.29) is 0 Å². The topological polar surface area (TPSA) is 24.9 Å². The molecule has 1 aromatic carbocycles. The molecule has 0 unspecified atom stereocenters. The number of pyridine rings is 1. The summed E-state index contributed by atoms with van der Waals surface area (Å²) < 4.78 is 0.979. The molecule has 0 bridgehead atoms. The van der Waals surface area contributed by atoms with E-state index in [9.17, 15) is 0 Å². The van der Waals surface area contributed by atoms with Crippen molar-refractivity contribution in [2.24, 2.45) is 0 Å². The van der Waals surface area contributed by atoms with Crippen LogP contribution in [0, 0.1) is 6.92 Å². The molecule has 1 aromatic heterocycles. The number of benzene rings is 1. The molecule has 0 amide bonds. The molecule has 0 aliphatic carbocycles. The zero-order valence-electron chi connectivity index (χ0n) is 9.37. The second-order valence-electron chi connectivity index (χ2n) is 3.85. The molecular weight excluding hydrogens is 300 g/mol. The van der Waals surface area contributed by atoms with Crippen molar-refractivity contribution < 1.29 is 0 Å². The van der Waals surface area contributed by atoms with Crippen LogP contribution in [0.1, 0.15) is 11.1 Å². The van der Waals surface area contributed by atoms with Gasteiger partial charge in [0.15, 0.2) is 0 Å². The molecule has 0 aliphatic rings. The van der Waals surface area contributed by atoms with E-state index in [1.54, 1.807) is 6.20 Å². The quantitative estimate of drug-likeness (QED) is 0.907. The Balaban J connectivity index is 2.09. The number of hydrogen-bond donors (Lipinski definition) is 1. The number of hydrogen-bond acceptors (Lipinski definition) is 2. The molecule has 88 valence electrons. The first kappa shape index (κ1) is 12.4.